The molecule has 1 N–H and O–H groups in total. The van der Waals surface area contributed by atoms with Crippen molar-refractivity contribution in [3.05, 3.63) is 41.9 Å². The van der Waals surface area contributed by atoms with E-state index in [1.807, 2.05) is 18.3 Å². The molecule has 3 heterocycles. The molecular formula is C22H29N5O2. The Morgan fingerprint density at radius 2 is 1.72 bits per heavy atom. The van der Waals surface area contributed by atoms with E-state index in [0.717, 1.165) is 80.6 Å². The van der Waals surface area contributed by atoms with Crippen molar-refractivity contribution in [1.29, 1.82) is 0 Å². The van der Waals surface area contributed by atoms with E-state index in [-0.39, 0.29) is 11.8 Å². The number of hydrogen-bond donors (Lipinski definition) is 1. The monoisotopic (exact) mass is 395 g/mol. The lowest BCUT2D eigenvalue weighted by Crippen LogP contribution is -2.41. The molecule has 7 heteroatoms. The highest BCUT2D eigenvalue weighted by Crippen LogP contribution is 2.31. The van der Waals surface area contributed by atoms with Gasteiger partial charge in [-0.05, 0) is 49.9 Å². The summed E-state index contributed by atoms with van der Waals surface area (Å²) in [6.07, 6.45) is 5.16. The highest BCUT2D eigenvalue weighted by Gasteiger charge is 2.28. The topological polar surface area (TPSA) is 70.6 Å². The zero-order valence-electron chi connectivity index (χ0n) is 17.2. The van der Waals surface area contributed by atoms with Gasteiger partial charge >= 0.3 is 0 Å². The first-order valence-electron chi connectivity index (χ1n) is 10.4. The van der Waals surface area contributed by atoms with Crippen LogP contribution in [0.1, 0.15) is 24.0 Å². The average molecular weight is 396 g/mol. The number of carbonyl (C=O) groups is 1. The third kappa shape index (κ3) is 4.67. The highest BCUT2D eigenvalue weighted by molar-refractivity contribution is 5.93. The maximum Gasteiger partial charge on any atom is 0.227 e. The molecule has 0 spiro atoms. The molecule has 7 nitrogen and oxygen atoms in total. The van der Waals surface area contributed by atoms with Gasteiger partial charge in [0, 0.05) is 37.8 Å². The molecule has 0 atom stereocenters. The fourth-order valence-electron chi connectivity index (χ4n) is 4.23. The van der Waals surface area contributed by atoms with Crippen LogP contribution in [-0.2, 0) is 9.53 Å². The van der Waals surface area contributed by atoms with E-state index in [4.69, 9.17) is 4.74 Å². The summed E-state index contributed by atoms with van der Waals surface area (Å²) in [5, 5.41) is 3.11. The Kier molecular flexibility index (Phi) is 5.94. The lowest BCUT2D eigenvalue weighted by Gasteiger charge is -2.36. The Bertz CT molecular complexity index is 838. The van der Waals surface area contributed by atoms with Crippen molar-refractivity contribution in [1.82, 2.24) is 9.97 Å². The molecule has 1 amide bonds. The van der Waals surface area contributed by atoms with Crippen LogP contribution in [-0.4, -0.2) is 55.3 Å². The molecule has 2 saturated heterocycles. The number of ether oxygens (including phenoxy) is 1. The van der Waals surface area contributed by atoms with Gasteiger partial charge in [-0.1, -0.05) is 6.07 Å². The Morgan fingerprint density at radius 1 is 1.03 bits per heavy atom. The van der Waals surface area contributed by atoms with Gasteiger partial charge in [0.25, 0.3) is 0 Å². The minimum absolute atomic E-state index is 0.0311. The minimum Gasteiger partial charge on any atom is -0.378 e. The number of aryl methyl sites for hydroxylation is 2. The maximum absolute atomic E-state index is 12.8. The molecule has 29 heavy (non-hydrogen) atoms. The lowest BCUT2D eigenvalue weighted by molar-refractivity contribution is -0.120. The van der Waals surface area contributed by atoms with Gasteiger partial charge in [-0.2, -0.15) is 0 Å². The first-order valence-corrected chi connectivity index (χ1v) is 10.4. The number of aromatic nitrogens is 2. The molecule has 1 aromatic carbocycles. The van der Waals surface area contributed by atoms with Crippen LogP contribution in [0, 0.1) is 19.8 Å². The van der Waals surface area contributed by atoms with Gasteiger partial charge in [-0.25, -0.2) is 9.97 Å². The number of benzene rings is 1. The molecule has 0 unspecified atom stereocenters. The third-order valence-electron chi connectivity index (χ3n) is 5.68. The zero-order valence-corrected chi connectivity index (χ0v) is 17.2. The Hall–Kier alpha value is -2.67. The second-order valence-electron chi connectivity index (χ2n) is 7.96. The van der Waals surface area contributed by atoms with Gasteiger partial charge in [0.2, 0.25) is 5.91 Å². The molecule has 2 aromatic rings. The van der Waals surface area contributed by atoms with Crippen LogP contribution < -0.4 is 15.1 Å². The summed E-state index contributed by atoms with van der Waals surface area (Å²) in [7, 11) is 0. The molecule has 1 aromatic heterocycles. The van der Waals surface area contributed by atoms with Crippen molar-refractivity contribution >= 4 is 23.1 Å². The summed E-state index contributed by atoms with van der Waals surface area (Å²) < 4.78 is 5.47. The molecule has 2 fully saturated rings. The molecule has 4 rings (SSSR count). The number of carbonyl (C=O) groups excluding carboxylic acids is 1. The van der Waals surface area contributed by atoms with Crippen LogP contribution in [0.25, 0.3) is 0 Å². The quantitative estimate of drug-likeness (QED) is 0.858. The van der Waals surface area contributed by atoms with E-state index in [1.165, 1.54) is 0 Å². The number of morpholine rings is 1. The SMILES string of the molecule is Cc1cc(C)cc(NC(=O)C2CCN(c3cncnc3N3CCOCC3)CC2)c1. The van der Waals surface area contributed by atoms with Crippen molar-refractivity contribution in [2.75, 3.05) is 54.5 Å². The van der Waals surface area contributed by atoms with Crippen LogP contribution in [0.2, 0.25) is 0 Å². The number of piperidine rings is 1. The third-order valence-corrected chi connectivity index (χ3v) is 5.68. The summed E-state index contributed by atoms with van der Waals surface area (Å²) in [4.78, 5) is 26.1. The normalized spacial score (nSPS) is 18.0. The molecule has 0 aliphatic carbocycles. The van der Waals surface area contributed by atoms with Gasteiger partial charge in [0.05, 0.1) is 25.1 Å². The van der Waals surface area contributed by atoms with Crippen LogP contribution in [0.3, 0.4) is 0 Å². The van der Waals surface area contributed by atoms with Crippen molar-refractivity contribution in [2.45, 2.75) is 26.7 Å². The van der Waals surface area contributed by atoms with E-state index in [0.29, 0.717) is 0 Å². The number of rotatable bonds is 4. The maximum atomic E-state index is 12.8. The summed E-state index contributed by atoms with van der Waals surface area (Å²) in [5.74, 6) is 1.12. The largest absolute Gasteiger partial charge is 0.378 e. The summed E-state index contributed by atoms with van der Waals surface area (Å²) in [5.41, 5.74) is 4.27. The van der Waals surface area contributed by atoms with E-state index < -0.39 is 0 Å². The number of hydrogen-bond acceptors (Lipinski definition) is 6. The van der Waals surface area contributed by atoms with Crippen LogP contribution in [0.15, 0.2) is 30.7 Å². The number of nitrogens with zero attached hydrogens (tertiary/aromatic N) is 4. The number of amides is 1. The predicted molar refractivity (Wildman–Crippen MR) is 115 cm³/mol. The first kappa shape index (κ1) is 19.6. The standard InChI is InChI=1S/C22H29N5O2/c1-16-11-17(2)13-19(12-16)25-22(28)18-3-5-26(6-4-18)20-14-23-15-24-21(20)27-7-9-29-10-8-27/h11-15,18H,3-10H2,1-2H3,(H,25,28). The average Bonchev–Trinajstić information content (AvgIpc) is 2.74. The van der Waals surface area contributed by atoms with Crippen molar-refractivity contribution < 1.29 is 9.53 Å². The number of anilines is 3. The molecule has 2 aliphatic heterocycles. The molecule has 0 bridgehead atoms. The lowest BCUT2D eigenvalue weighted by atomic mass is 9.95. The van der Waals surface area contributed by atoms with Crippen molar-refractivity contribution in [3.63, 3.8) is 0 Å². The van der Waals surface area contributed by atoms with Gasteiger partial charge in [0.1, 0.15) is 6.33 Å². The zero-order chi connectivity index (χ0) is 20.2. The number of nitrogens with one attached hydrogen (secondary N) is 1. The molecule has 0 saturated carbocycles. The fourth-order valence-corrected chi connectivity index (χ4v) is 4.23. The van der Waals surface area contributed by atoms with Crippen molar-refractivity contribution in [3.8, 4) is 0 Å². The van der Waals surface area contributed by atoms with E-state index in [2.05, 4.69) is 45.0 Å². The Morgan fingerprint density at radius 3 is 2.41 bits per heavy atom. The highest BCUT2D eigenvalue weighted by atomic mass is 16.5. The molecule has 154 valence electrons. The smallest absolute Gasteiger partial charge is 0.227 e. The predicted octanol–water partition coefficient (Wildman–Crippen LogP) is 2.79. The fraction of sp³-hybridized carbons (Fsp3) is 0.500. The summed E-state index contributed by atoms with van der Waals surface area (Å²) >= 11 is 0. The van der Waals surface area contributed by atoms with Crippen LogP contribution in [0.4, 0.5) is 17.2 Å². The van der Waals surface area contributed by atoms with Gasteiger partial charge in [0.15, 0.2) is 5.82 Å². The second-order valence-corrected chi connectivity index (χ2v) is 7.96. The Balaban J connectivity index is 1.39. The minimum atomic E-state index is 0.0311. The second kappa shape index (κ2) is 8.78. The van der Waals surface area contributed by atoms with E-state index in [9.17, 15) is 4.79 Å². The van der Waals surface area contributed by atoms with Crippen LogP contribution >= 0.6 is 0 Å². The van der Waals surface area contributed by atoms with E-state index in [1.54, 1.807) is 6.33 Å². The first-order chi connectivity index (χ1) is 14.1. The van der Waals surface area contributed by atoms with Gasteiger partial charge < -0.3 is 19.9 Å². The van der Waals surface area contributed by atoms with Gasteiger partial charge in [-0.15, -0.1) is 0 Å². The summed E-state index contributed by atoms with van der Waals surface area (Å²) in [6, 6.07) is 6.16. The Labute approximate surface area is 172 Å². The van der Waals surface area contributed by atoms with Crippen LogP contribution in [0.5, 0.6) is 0 Å². The van der Waals surface area contributed by atoms with Crippen molar-refractivity contribution in [2.24, 2.45) is 5.92 Å². The molecular weight excluding hydrogens is 366 g/mol. The molecule has 0 radical (unpaired) electrons. The molecule has 2 aliphatic rings. The van der Waals surface area contributed by atoms with Gasteiger partial charge in [-0.3, -0.25) is 4.79 Å². The van der Waals surface area contributed by atoms with E-state index >= 15 is 0 Å². The summed E-state index contributed by atoms with van der Waals surface area (Å²) in [6.45, 7) is 8.90.